The van der Waals surface area contributed by atoms with Gasteiger partial charge in [0, 0.05) is 31.7 Å². The van der Waals surface area contributed by atoms with Gasteiger partial charge in [-0.15, -0.1) is 0 Å². The fourth-order valence-corrected chi connectivity index (χ4v) is 4.20. The van der Waals surface area contributed by atoms with Crippen LogP contribution in [0.5, 0.6) is 0 Å². The van der Waals surface area contributed by atoms with Crippen LogP contribution >= 0.6 is 0 Å². The normalized spacial score (nSPS) is 23.7. The average Bonchev–Trinajstić information content (AvgIpc) is 2.50. The molecule has 1 aliphatic rings. The Balaban J connectivity index is 2.67. The maximum Gasteiger partial charge on any atom is 0.215 e. The number of sulfonamides is 1. The van der Waals surface area contributed by atoms with E-state index in [1.807, 2.05) is 13.8 Å². The van der Waals surface area contributed by atoms with Gasteiger partial charge in [0.2, 0.25) is 10.0 Å². The largest absolute Gasteiger partial charge is 0.313 e. The van der Waals surface area contributed by atoms with Crippen LogP contribution in [0.15, 0.2) is 0 Å². The van der Waals surface area contributed by atoms with Gasteiger partial charge in [-0.05, 0) is 26.4 Å². The van der Waals surface area contributed by atoms with Gasteiger partial charge in [0.05, 0.1) is 5.75 Å². The molecule has 0 amide bonds. The molecule has 1 N–H and O–H groups in total. The second-order valence-electron chi connectivity index (χ2n) is 5.71. The fourth-order valence-electron chi connectivity index (χ4n) is 2.51. The van der Waals surface area contributed by atoms with Gasteiger partial charge in [0.15, 0.2) is 0 Å². The van der Waals surface area contributed by atoms with Gasteiger partial charge in [0.25, 0.3) is 0 Å². The van der Waals surface area contributed by atoms with E-state index in [2.05, 4.69) is 24.2 Å². The zero-order valence-electron chi connectivity index (χ0n) is 12.7. The molecule has 6 heteroatoms. The topological polar surface area (TPSA) is 52.7 Å². The molecular formula is C13H29N3O2S. The van der Waals surface area contributed by atoms with Crippen LogP contribution in [0, 0.1) is 0 Å². The highest BCUT2D eigenvalue weighted by Crippen LogP contribution is 2.16. The molecular weight excluding hydrogens is 262 g/mol. The number of hydrogen-bond acceptors (Lipinski definition) is 4. The van der Waals surface area contributed by atoms with Crippen molar-refractivity contribution < 1.29 is 8.42 Å². The Morgan fingerprint density at radius 3 is 2.58 bits per heavy atom. The Morgan fingerprint density at radius 1 is 1.32 bits per heavy atom. The number of nitrogens with zero attached hydrogens (tertiary/aromatic N) is 2. The highest BCUT2D eigenvalue weighted by atomic mass is 32.2. The standard InChI is InChI=1S/C13H29N3O2S/c1-5-13-11-15(4)8-6-9-16(13)19(17,18)10-7-14-12(2)3/h12-14H,5-11H2,1-4H3. The lowest BCUT2D eigenvalue weighted by Gasteiger charge is -2.29. The van der Waals surface area contributed by atoms with Gasteiger partial charge < -0.3 is 10.2 Å². The molecule has 0 aliphatic carbocycles. The van der Waals surface area contributed by atoms with Crippen molar-refractivity contribution in [2.24, 2.45) is 0 Å². The lowest BCUT2D eigenvalue weighted by atomic mass is 10.2. The van der Waals surface area contributed by atoms with Crippen LogP contribution in [0.1, 0.15) is 33.6 Å². The predicted molar refractivity (Wildman–Crippen MR) is 79.8 cm³/mol. The average molecular weight is 291 g/mol. The van der Waals surface area contributed by atoms with Crippen LogP contribution in [0.25, 0.3) is 0 Å². The molecule has 1 saturated heterocycles. The Bertz CT molecular complexity index is 357. The molecule has 1 heterocycles. The molecule has 1 aliphatic heterocycles. The minimum absolute atomic E-state index is 0.122. The van der Waals surface area contributed by atoms with E-state index in [0.29, 0.717) is 19.1 Å². The van der Waals surface area contributed by atoms with Crippen molar-refractivity contribution in [3.63, 3.8) is 0 Å². The molecule has 0 radical (unpaired) electrons. The van der Waals surface area contributed by atoms with Crippen LogP contribution < -0.4 is 5.32 Å². The molecule has 114 valence electrons. The Hall–Kier alpha value is -0.170. The quantitative estimate of drug-likeness (QED) is 0.784. The van der Waals surface area contributed by atoms with E-state index in [4.69, 9.17) is 0 Å². The second kappa shape index (κ2) is 7.57. The molecule has 19 heavy (non-hydrogen) atoms. The molecule has 0 bridgehead atoms. The summed E-state index contributed by atoms with van der Waals surface area (Å²) in [4.78, 5) is 2.23. The molecule has 1 fully saturated rings. The number of rotatable bonds is 6. The van der Waals surface area contributed by atoms with Crippen molar-refractivity contribution in [1.82, 2.24) is 14.5 Å². The fraction of sp³-hybridized carbons (Fsp3) is 1.00. The minimum atomic E-state index is -3.14. The van der Waals surface area contributed by atoms with E-state index in [1.165, 1.54) is 0 Å². The minimum Gasteiger partial charge on any atom is -0.313 e. The van der Waals surface area contributed by atoms with Gasteiger partial charge in [-0.3, -0.25) is 0 Å². The summed E-state index contributed by atoms with van der Waals surface area (Å²) in [6.07, 6.45) is 1.80. The number of nitrogens with one attached hydrogen (secondary N) is 1. The first kappa shape index (κ1) is 16.9. The zero-order chi connectivity index (χ0) is 14.5. The molecule has 0 saturated carbocycles. The van der Waals surface area contributed by atoms with Crippen molar-refractivity contribution in [2.75, 3.05) is 39.0 Å². The predicted octanol–water partition coefficient (Wildman–Crippen LogP) is 0.730. The molecule has 0 aromatic rings. The van der Waals surface area contributed by atoms with E-state index >= 15 is 0 Å². The summed E-state index contributed by atoms with van der Waals surface area (Å²) in [6, 6.07) is 0.448. The summed E-state index contributed by atoms with van der Waals surface area (Å²) in [5.41, 5.74) is 0. The highest BCUT2D eigenvalue weighted by Gasteiger charge is 2.30. The van der Waals surface area contributed by atoms with Crippen molar-refractivity contribution in [2.45, 2.75) is 45.7 Å². The van der Waals surface area contributed by atoms with Crippen LogP contribution in [-0.2, 0) is 10.0 Å². The first-order chi connectivity index (χ1) is 8.86. The third kappa shape index (κ3) is 5.38. The summed E-state index contributed by atoms with van der Waals surface area (Å²) in [5.74, 6) is 0.200. The first-order valence-electron chi connectivity index (χ1n) is 7.28. The molecule has 0 spiro atoms. The SMILES string of the molecule is CCC1CN(C)CCCN1S(=O)(=O)CCNC(C)C. The van der Waals surface area contributed by atoms with E-state index < -0.39 is 10.0 Å². The lowest BCUT2D eigenvalue weighted by molar-refractivity contribution is 0.270. The Labute approximate surface area is 118 Å². The second-order valence-corrected chi connectivity index (χ2v) is 7.75. The summed E-state index contributed by atoms with van der Waals surface area (Å²) >= 11 is 0. The molecule has 0 aromatic carbocycles. The van der Waals surface area contributed by atoms with Crippen LogP contribution in [0.3, 0.4) is 0 Å². The van der Waals surface area contributed by atoms with E-state index in [9.17, 15) is 8.42 Å². The summed E-state index contributed by atoms with van der Waals surface area (Å²) in [6.45, 7) is 9.14. The maximum atomic E-state index is 12.5. The molecule has 0 aromatic heterocycles. The van der Waals surface area contributed by atoms with Gasteiger partial charge in [-0.2, -0.15) is 4.31 Å². The summed E-state index contributed by atoms with van der Waals surface area (Å²) in [5, 5.41) is 3.18. The first-order valence-corrected chi connectivity index (χ1v) is 8.89. The summed E-state index contributed by atoms with van der Waals surface area (Å²) < 4.78 is 26.7. The van der Waals surface area contributed by atoms with Gasteiger partial charge in [-0.25, -0.2) is 8.42 Å². The van der Waals surface area contributed by atoms with Crippen molar-refractivity contribution in [3.05, 3.63) is 0 Å². The Morgan fingerprint density at radius 2 is 2.00 bits per heavy atom. The maximum absolute atomic E-state index is 12.5. The highest BCUT2D eigenvalue weighted by molar-refractivity contribution is 7.89. The van der Waals surface area contributed by atoms with Gasteiger partial charge in [0.1, 0.15) is 0 Å². The van der Waals surface area contributed by atoms with Crippen molar-refractivity contribution >= 4 is 10.0 Å². The van der Waals surface area contributed by atoms with Crippen LogP contribution in [-0.4, -0.2) is 68.7 Å². The zero-order valence-corrected chi connectivity index (χ0v) is 13.5. The summed E-state index contributed by atoms with van der Waals surface area (Å²) in [7, 11) is -1.07. The Kier molecular flexibility index (Phi) is 6.73. The smallest absolute Gasteiger partial charge is 0.215 e. The van der Waals surface area contributed by atoms with Crippen LogP contribution in [0.4, 0.5) is 0 Å². The van der Waals surface area contributed by atoms with E-state index in [0.717, 1.165) is 25.9 Å². The molecule has 1 atom stereocenters. The monoisotopic (exact) mass is 291 g/mol. The third-order valence-corrected chi connectivity index (χ3v) is 5.50. The van der Waals surface area contributed by atoms with Gasteiger partial charge in [-0.1, -0.05) is 20.8 Å². The molecule has 1 rings (SSSR count). The molecule has 1 unspecified atom stereocenters. The van der Waals surface area contributed by atoms with E-state index in [-0.39, 0.29) is 11.8 Å². The van der Waals surface area contributed by atoms with Crippen molar-refractivity contribution in [3.8, 4) is 0 Å². The number of likely N-dealkylation sites (N-methyl/N-ethyl adjacent to an activating group) is 1. The van der Waals surface area contributed by atoms with E-state index in [1.54, 1.807) is 4.31 Å². The lowest BCUT2D eigenvalue weighted by Crippen LogP contribution is -2.46. The third-order valence-electron chi connectivity index (χ3n) is 3.59. The van der Waals surface area contributed by atoms with Crippen LogP contribution in [0.2, 0.25) is 0 Å². The number of hydrogen-bond donors (Lipinski definition) is 1. The van der Waals surface area contributed by atoms with Crippen molar-refractivity contribution in [1.29, 1.82) is 0 Å². The van der Waals surface area contributed by atoms with Gasteiger partial charge >= 0.3 is 0 Å². The molecule has 5 nitrogen and oxygen atoms in total.